The van der Waals surface area contributed by atoms with Crippen LogP contribution in [0.4, 0.5) is 4.39 Å². The van der Waals surface area contributed by atoms with Gasteiger partial charge in [-0.25, -0.2) is 9.37 Å². The van der Waals surface area contributed by atoms with Crippen molar-refractivity contribution in [2.45, 2.75) is 46.6 Å². The summed E-state index contributed by atoms with van der Waals surface area (Å²) < 4.78 is 37.8. The van der Waals surface area contributed by atoms with Crippen molar-refractivity contribution in [3.8, 4) is 22.8 Å². The van der Waals surface area contributed by atoms with Gasteiger partial charge in [0.1, 0.15) is 18.2 Å². The Morgan fingerprint density at radius 2 is 1.86 bits per heavy atom. The van der Waals surface area contributed by atoms with Crippen molar-refractivity contribution < 1.29 is 23.3 Å². The first kappa shape index (κ1) is 26.9. The highest BCUT2D eigenvalue weighted by Gasteiger charge is 2.19. The van der Waals surface area contributed by atoms with Crippen LogP contribution in [0.15, 0.2) is 54.7 Å². The van der Waals surface area contributed by atoms with E-state index in [-0.39, 0.29) is 17.5 Å². The maximum absolute atomic E-state index is 14.7. The summed E-state index contributed by atoms with van der Waals surface area (Å²) in [6.07, 6.45) is 2.17. The zero-order valence-corrected chi connectivity index (χ0v) is 22.2. The van der Waals surface area contributed by atoms with Crippen molar-refractivity contribution in [1.29, 1.82) is 0 Å². The molecule has 35 heavy (non-hydrogen) atoms. The van der Waals surface area contributed by atoms with Crippen LogP contribution in [0.25, 0.3) is 11.1 Å². The number of aromatic nitrogens is 1. The van der Waals surface area contributed by atoms with E-state index in [9.17, 15) is 13.8 Å². The van der Waals surface area contributed by atoms with Crippen LogP contribution in [0.5, 0.6) is 11.6 Å². The normalized spacial score (nSPS) is 14.3. The third kappa shape index (κ3) is 7.91. The third-order valence-electron chi connectivity index (χ3n) is 5.67. The van der Waals surface area contributed by atoms with Crippen LogP contribution in [-0.2, 0) is 17.6 Å². The van der Waals surface area contributed by atoms with Crippen LogP contribution < -0.4 is 9.47 Å². The Kier molecular flexibility index (Phi) is 8.40. The van der Waals surface area contributed by atoms with E-state index >= 15 is 0 Å². The summed E-state index contributed by atoms with van der Waals surface area (Å²) in [4.78, 5) is 13.7. The third-order valence-corrected chi connectivity index (χ3v) is 6.89. The maximum atomic E-state index is 14.7. The van der Waals surface area contributed by atoms with Gasteiger partial charge in [-0.2, -0.15) is 0 Å². The monoisotopic (exact) mass is 499 g/mol. The molecule has 0 spiro atoms. The largest absolute Gasteiger partial charge is 0.489 e. The molecule has 7 heteroatoms. The fourth-order valence-corrected chi connectivity index (χ4v) is 5.37. The molecule has 1 aromatic heterocycles. The van der Waals surface area contributed by atoms with Crippen LogP contribution in [0, 0.1) is 11.2 Å². The van der Waals surface area contributed by atoms with Gasteiger partial charge in [0.05, 0.1) is 13.3 Å². The van der Waals surface area contributed by atoms with Gasteiger partial charge in [0, 0.05) is 24.5 Å². The molecule has 5 nitrogen and oxygen atoms in total. The number of methoxy groups -OCH3 is 1. The second-order valence-electron chi connectivity index (χ2n) is 10.4. The lowest BCUT2D eigenvalue weighted by Gasteiger charge is -2.22. The Morgan fingerprint density at radius 1 is 1.11 bits per heavy atom. The van der Waals surface area contributed by atoms with Crippen molar-refractivity contribution in [2.24, 2.45) is 5.41 Å². The molecule has 0 aliphatic carbocycles. The van der Waals surface area contributed by atoms with E-state index in [4.69, 9.17) is 9.47 Å². The SMILES string of the molecule is COc1cc(-c2ccc(COc3cccc(C(C)CP(C)(=O)O)c3)cc2CC(C)(C)C)c(F)cn1. The standard InChI is InChI=1S/C28H35FNO4P/c1-19(18-35(6,31)32)21-8-7-9-23(13-21)34-17-20-10-11-24(22(12-20)15-28(2,3)4)25-14-27(33-5)30-16-26(25)29/h7-14,16,19H,15,17-18H2,1-6H3,(H,31,32). The molecule has 0 radical (unpaired) electrons. The Bertz CT molecular complexity index is 1220. The lowest BCUT2D eigenvalue weighted by molar-refractivity contribution is 0.305. The van der Waals surface area contributed by atoms with E-state index in [1.54, 1.807) is 6.07 Å². The van der Waals surface area contributed by atoms with E-state index in [2.05, 4.69) is 31.8 Å². The number of hydrogen-bond donors (Lipinski definition) is 1. The molecule has 2 atom stereocenters. The van der Waals surface area contributed by atoms with Gasteiger partial charge in [-0.3, -0.25) is 4.57 Å². The van der Waals surface area contributed by atoms with Crippen molar-refractivity contribution in [3.63, 3.8) is 0 Å². The predicted octanol–water partition coefficient (Wildman–Crippen LogP) is 7.07. The van der Waals surface area contributed by atoms with Crippen LogP contribution in [0.2, 0.25) is 0 Å². The van der Waals surface area contributed by atoms with Gasteiger partial charge >= 0.3 is 0 Å². The Balaban J connectivity index is 1.86. The number of ether oxygens (including phenoxy) is 2. The maximum Gasteiger partial charge on any atom is 0.213 e. The Hall–Kier alpha value is -2.69. The first-order valence-corrected chi connectivity index (χ1v) is 14.0. The molecule has 0 bridgehead atoms. The summed E-state index contributed by atoms with van der Waals surface area (Å²) in [5.41, 5.74) is 4.23. The summed E-state index contributed by atoms with van der Waals surface area (Å²) in [5.74, 6) is 0.620. The molecule has 0 aliphatic heterocycles. The summed E-state index contributed by atoms with van der Waals surface area (Å²) in [7, 11) is -1.59. The number of rotatable bonds is 9. The van der Waals surface area contributed by atoms with Gasteiger partial charge < -0.3 is 14.4 Å². The van der Waals surface area contributed by atoms with Gasteiger partial charge in [-0.15, -0.1) is 0 Å². The summed E-state index contributed by atoms with van der Waals surface area (Å²) in [6.45, 7) is 10.1. The fourth-order valence-electron chi connectivity index (χ4n) is 4.15. The fraction of sp³-hybridized carbons (Fsp3) is 0.393. The van der Waals surface area contributed by atoms with E-state index in [1.165, 1.54) is 20.0 Å². The lowest BCUT2D eigenvalue weighted by atomic mass is 9.84. The average molecular weight is 500 g/mol. The highest BCUT2D eigenvalue weighted by atomic mass is 31.2. The van der Waals surface area contributed by atoms with Crippen molar-refractivity contribution in [2.75, 3.05) is 19.9 Å². The number of benzene rings is 2. The van der Waals surface area contributed by atoms with Crippen molar-refractivity contribution in [3.05, 3.63) is 77.2 Å². The predicted molar refractivity (Wildman–Crippen MR) is 139 cm³/mol. The first-order chi connectivity index (χ1) is 16.3. The molecule has 0 fully saturated rings. The molecule has 3 rings (SSSR count). The molecular formula is C28H35FNO4P. The number of hydrogen-bond acceptors (Lipinski definition) is 4. The molecule has 2 unspecified atom stereocenters. The lowest BCUT2D eigenvalue weighted by Crippen LogP contribution is -2.11. The zero-order valence-electron chi connectivity index (χ0n) is 21.3. The highest BCUT2D eigenvalue weighted by Crippen LogP contribution is 2.41. The molecule has 0 aliphatic rings. The molecular weight excluding hydrogens is 464 g/mol. The van der Waals surface area contributed by atoms with Gasteiger partial charge in [-0.1, -0.05) is 58.0 Å². The van der Waals surface area contributed by atoms with Gasteiger partial charge in [-0.05, 0) is 52.1 Å². The second-order valence-corrected chi connectivity index (χ2v) is 12.9. The van der Waals surface area contributed by atoms with Gasteiger partial charge in [0.15, 0.2) is 7.37 Å². The average Bonchev–Trinajstić information content (AvgIpc) is 2.76. The van der Waals surface area contributed by atoms with Crippen molar-refractivity contribution in [1.82, 2.24) is 4.98 Å². The van der Waals surface area contributed by atoms with Crippen LogP contribution >= 0.6 is 7.37 Å². The Morgan fingerprint density at radius 3 is 2.51 bits per heavy atom. The summed E-state index contributed by atoms with van der Waals surface area (Å²) in [6, 6.07) is 15.2. The molecule has 0 saturated heterocycles. The summed E-state index contributed by atoms with van der Waals surface area (Å²) >= 11 is 0. The zero-order chi connectivity index (χ0) is 25.8. The second kappa shape index (κ2) is 10.9. The minimum Gasteiger partial charge on any atom is -0.489 e. The van der Waals surface area contributed by atoms with E-state index in [0.717, 1.165) is 28.7 Å². The smallest absolute Gasteiger partial charge is 0.213 e. The topological polar surface area (TPSA) is 68.7 Å². The number of halogens is 1. The molecule has 3 aromatic rings. The minimum atomic E-state index is -3.11. The Labute approximate surface area is 207 Å². The van der Waals surface area contributed by atoms with E-state index in [1.807, 2.05) is 43.3 Å². The molecule has 1 heterocycles. The van der Waals surface area contributed by atoms with Crippen LogP contribution in [0.3, 0.4) is 0 Å². The van der Waals surface area contributed by atoms with Crippen molar-refractivity contribution >= 4 is 7.37 Å². The summed E-state index contributed by atoms with van der Waals surface area (Å²) in [5, 5.41) is 0. The molecule has 1 N–H and O–H groups in total. The minimum absolute atomic E-state index is 0.00227. The molecule has 188 valence electrons. The van der Waals surface area contributed by atoms with Crippen LogP contribution in [-0.4, -0.2) is 29.8 Å². The highest BCUT2D eigenvalue weighted by molar-refractivity contribution is 7.57. The molecule has 0 amide bonds. The molecule has 0 saturated carbocycles. The number of pyridine rings is 1. The van der Waals surface area contributed by atoms with Gasteiger partial charge in [0.25, 0.3) is 0 Å². The number of nitrogens with zero attached hydrogens (tertiary/aromatic N) is 1. The van der Waals surface area contributed by atoms with Crippen LogP contribution in [0.1, 0.15) is 50.3 Å². The van der Waals surface area contributed by atoms with E-state index < -0.39 is 13.2 Å². The van der Waals surface area contributed by atoms with Gasteiger partial charge in [0.2, 0.25) is 5.88 Å². The first-order valence-electron chi connectivity index (χ1n) is 11.7. The molecule has 2 aromatic carbocycles. The quantitative estimate of drug-likeness (QED) is 0.319. The van der Waals surface area contributed by atoms with E-state index in [0.29, 0.717) is 23.8 Å².